The number of halogens is 2. The first kappa shape index (κ1) is 18.0. The lowest BCUT2D eigenvalue weighted by molar-refractivity contribution is -0.141. The lowest BCUT2D eigenvalue weighted by Gasteiger charge is -2.13. The third-order valence-electron chi connectivity index (χ3n) is 5.13. The van der Waals surface area contributed by atoms with E-state index in [1.807, 2.05) is 12.2 Å². The topological polar surface area (TPSA) is 96.3 Å². The first-order valence-corrected chi connectivity index (χ1v) is 9.06. The summed E-state index contributed by atoms with van der Waals surface area (Å²) in [5.41, 5.74) is 0.450. The molecule has 4 atom stereocenters. The smallest absolute Gasteiger partial charge is 0.341 e. The highest BCUT2D eigenvalue weighted by Crippen LogP contribution is 2.52. The van der Waals surface area contributed by atoms with Gasteiger partial charge in [-0.05, 0) is 36.0 Å². The van der Waals surface area contributed by atoms with Crippen LogP contribution < -0.4 is 4.74 Å². The van der Waals surface area contributed by atoms with E-state index in [-0.39, 0.29) is 51.3 Å². The van der Waals surface area contributed by atoms with Crippen LogP contribution >= 0.6 is 23.2 Å². The number of carboxylic acids is 1. The molecule has 4 rings (SSSR count). The van der Waals surface area contributed by atoms with Crippen molar-refractivity contribution in [1.29, 1.82) is 0 Å². The van der Waals surface area contributed by atoms with Gasteiger partial charge in [0.05, 0.1) is 28.1 Å². The van der Waals surface area contributed by atoms with Gasteiger partial charge in [-0.3, -0.25) is 9.59 Å². The zero-order valence-electron chi connectivity index (χ0n) is 13.8. The summed E-state index contributed by atoms with van der Waals surface area (Å²) in [7, 11) is 0. The maximum atomic E-state index is 12.6. The Balaban J connectivity index is 1.53. The predicted molar refractivity (Wildman–Crippen MR) is 96.8 cm³/mol. The van der Waals surface area contributed by atoms with Gasteiger partial charge in [0.25, 0.3) is 11.8 Å². The van der Waals surface area contributed by atoms with Crippen LogP contribution in [0.15, 0.2) is 29.4 Å². The van der Waals surface area contributed by atoms with Gasteiger partial charge in [-0.1, -0.05) is 35.4 Å². The summed E-state index contributed by atoms with van der Waals surface area (Å²) in [6, 6.07) is 2.93. The monoisotopic (exact) mass is 408 g/mol. The van der Waals surface area contributed by atoms with Gasteiger partial charge >= 0.3 is 5.97 Å². The highest BCUT2D eigenvalue weighted by atomic mass is 35.5. The van der Waals surface area contributed by atoms with E-state index in [1.54, 1.807) is 0 Å². The molecule has 1 saturated heterocycles. The van der Waals surface area contributed by atoms with Crippen molar-refractivity contribution < 1.29 is 24.2 Å². The van der Waals surface area contributed by atoms with E-state index in [0.717, 1.165) is 11.4 Å². The number of aliphatic carboxylic acids is 1. The maximum Gasteiger partial charge on any atom is 0.341 e. The number of benzene rings is 1. The van der Waals surface area contributed by atoms with Crippen molar-refractivity contribution in [3.63, 3.8) is 0 Å². The van der Waals surface area contributed by atoms with Crippen molar-refractivity contribution in [2.75, 3.05) is 6.61 Å². The minimum absolute atomic E-state index is 0.0448. The number of carboxylic acid groups (broad SMARTS) is 1. The molecule has 1 heterocycles. The predicted octanol–water partition coefficient (Wildman–Crippen LogP) is 2.60. The molecule has 1 aliphatic heterocycles. The van der Waals surface area contributed by atoms with E-state index in [0.29, 0.717) is 5.56 Å². The van der Waals surface area contributed by atoms with Crippen molar-refractivity contribution >= 4 is 47.2 Å². The SMILES string of the molecule is O=C(O)COc1c(Cl)cc(C=NN2C(=O)[C@@H]3[C@H](C2=O)[C@H]2C=C[C@H]3C2)cc1Cl. The van der Waals surface area contributed by atoms with Crippen LogP contribution in [0.3, 0.4) is 0 Å². The van der Waals surface area contributed by atoms with Crippen LogP contribution in [0.5, 0.6) is 5.75 Å². The van der Waals surface area contributed by atoms with Gasteiger partial charge < -0.3 is 9.84 Å². The molecule has 2 amide bonds. The Kier molecular flexibility index (Phi) is 4.44. The largest absolute Gasteiger partial charge is 0.479 e. The normalized spacial score (nSPS) is 28.4. The van der Waals surface area contributed by atoms with E-state index in [2.05, 4.69) is 5.10 Å². The molecule has 2 fully saturated rings. The van der Waals surface area contributed by atoms with Gasteiger partial charge in [0.1, 0.15) is 0 Å². The summed E-state index contributed by atoms with van der Waals surface area (Å²) >= 11 is 12.2. The Hall–Kier alpha value is -2.38. The van der Waals surface area contributed by atoms with Crippen molar-refractivity contribution in [3.8, 4) is 5.75 Å². The molecule has 140 valence electrons. The molecule has 1 aromatic carbocycles. The molecule has 1 N–H and O–H groups in total. The molecule has 9 heteroatoms. The number of hydrogen-bond donors (Lipinski definition) is 1. The van der Waals surface area contributed by atoms with E-state index >= 15 is 0 Å². The van der Waals surface area contributed by atoms with Crippen LogP contribution in [-0.2, 0) is 14.4 Å². The third kappa shape index (κ3) is 3.00. The summed E-state index contributed by atoms with van der Waals surface area (Å²) in [4.78, 5) is 35.8. The van der Waals surface area contributed by atoms with Crippen LogP contribution in [-0.4, -0.2) is 40.7 Å². The number of amides is 2. The summed E-state index contributed by atoms with van der Waals surface area (Å²) in [6.07, 6.45) is 6.21. The number of carbonyl (C=O) groups is 3. The fourth-order valence-electron chi connectivity index (χ4n) is 4.05. The molecule has 0 aromatic heterocycles. The van der Waals surface area contributed by atoms with Crippen molar-refractivity contribution in [2.24, 2.45) is 28.8 Å². The molecule has 1 saturated carbocycles. The van der Waals surface area contributed by atoms with Crippen LogP contribution in [0.25, 0.3) is 0 Å². The molecule has 2 bridgehead atoms. The number of carbonyl (C=O) groups excluding carboxylic acids is 2. The Morgan fingerprint density at radius 1 is 1.19 bits per heavy atom. The van der Waals surface area contributed by atoms with Gasteiger partial charge in [-0.2, -0.15) is 10.1 Å². The minimum Gasteiger partial charge on any atom is -0.479 e. The van der Waals surface area contributed by atoms with Crippen molar-refractivity contribution in [3.05, 3.63) is 39.9 Å². The fraction of sp³-hybridized carbons (Fsp3) is 0.333. The molecule has 2 aliphatic carbocycles. The Bertz CT molecular complexity index is 860. The second-order valence-electron chi connectivity index (χ2n) is 6.73. The van der Waals surface area contributed by atoms with Gasteiger partial charge in [-0.15, -0.1) is 0 Å². The first-order valence-electron chi connectivity index (χ1n) is 8.30. The van der Waals surface area contributed by atoms with E-state index < -0.39 is 12.6 Å². The third-order valence-corrected chi connectivity index (χ3v) is 5.69. The number of allylic oxidation sites excluding steroid dienone is 2. The van der Waals surface area contributed by atoms with E-state index in [4.69, 9.17) is 33.0 Å². The average molecular weight is 409 g/mol. The zero-order chi connectivity index (χ0) is 19.3. The Morgan fingerprint density at radius 3 is 2.26 bits per heavy atom. The molecule has 1 aromatic rings. The van der Waals surface area contributed by atoms with E-state index in [9.17, 15) is 14.4 Å². The number of imide groups is 1. The maximum absolute atomic E-state index is 12.6. The fourth-order valence-corrected chi connectivity index (χ4v) is 4.66. The van der Waals surface area contributed by atoms with Gasteiger partial charge in [0, 0.05) is 0 Å². The minimum atomic E-state index is -1.16. The number of fused-ring (bicyclic) bond motifs is 5. The summed E-state index contributed by atoms with van der Waals surface area (Å²) < 4.78 is 5.04. The summed E-state index contributed by atoms with van der Waals surface area (Å²) in [5, 5.41) is 13.8. The van der Waals surface area contributed by atoms with E-state index in [1.165, 1.54) is 18.3 Å². The number of hydrazone groups is 1. The molecular formula is C18H14Cl2N2O5. The summed E-state index contributed by atoms with van der Waals surface area (Å²) in [6.45, 7) is -0.581. The lowest BCUT2D eigenvalue weighted by Crippen LogP contribution is -2.28. The van der Waals surface area contributed by atoms with Gasteiger partial charge in [0.2, 0.25) is 0 Å². The average Bonchev–Trinajstić information content (AvgIpc) is 3.27. The zero-order valence-corrected chi connectivity index (χ0v) is 15.4. The first-order chi connectivity index (χ1) is 12.9. The van der Waals surface area contributed by atoms with Crippen LogP contribution in [0.1, 0.15) is 12.0 Å². The highest BCUT2D eigenvalue weighted by molar-refractivity contribution is 6.37. The molecule has 0 spiro atoms. The second-order valence-corrected chi connectivity index (χ2v) is 7.54. The van der Waals surface area contributed by atoms with Crippen LogP contribution in [0.2, 0.25) is 10.0 Å². The molecule has 7 nitrogen and oxygen atoms in total. The van der Waals surface area contributed by atoms with Crippen LogP contribution in [0, 0.1) is 23.7 Å². The highest BCUT2D eigenvalue weighted by Gasteiger charge is 2.59. The quantitative estimate of drug-likeness (QED) is 0.458. The summed E-state index contributed by atoms with van der Waals surface area (Å²) in [5.74, 6) is -2.07. The molecule has 0 radical (unpaired) electrons. The van der Waals surface area contributed by atoms with Gasteiger partial charge in [-0.25, -0.2) is 4.79 Å². The number of rotatable bonds is 5. The molecule has 27 heavy (non-hydrogen) atoms. The lowest BCUT2D eigenvalue weighted by atomic mass is 9.85. The Morgan fingerprint density at radius 2 is 1.74 bits per heavy atom. The standard InChI is InChI=1S/C18H14Cl2N2O5/c19-11-3-8(4-12(20)16(11)27-7-13(23)24)6-21-22-17(25)14-9-1-2-10(5-9)15(14)18(22)26/h1-4,6,9-10,14-15H,5,7H2,(H,23,24)/t9-,10-,14-,15+/m0/s1. The van der Waals surface area contributed by atoms with Crippen LogP contribution in [0.4, 0.5) is 0 Å². The molecule has 3 aliphatic rings. The molecular weight excluding hydrogens is 395 g/mol. The second kappa shape index (κ2) is 6.65. The molecule has 0 unspecified atom stereocenters. The van der Waals surface area contributed by atoms with Gasteiger partial charge in [0.15, 0.2) is 12.4 Å². The Labute approximate surface area is 164 Å². The number of hydrogen-bond acceptors (Lipinski definition) is 5. The number of nitrogens with zero attached hydrogens (tertiary/aromatic N) is 2. The number of ether oxygens (including phenoxy) is 1. The van der Waals surface area contributed by atoms with Crippen molar-refractivity contribution in [1.82, 2.24) is 5.01 Å². The van der Waals surface area contributed by atoms with Crippen molar-refractivity contribution in [2.45, 2.75) is 6.42 Å².